The highest BCUT2D eigenvalue weighted by Gasteiger charge is 2.35. The van der Waals surface area contributed by atoms with Crippen molar-refractivity contribution in [2.45, 2.75) is 31.8 Å². The number of carbonyl (C=O) groups excluding carboxylic acids is 1. The number of aryl methyl sites for hydroxylation is 1. The Morgan fingerprint density at radius 1 is 1.57 bits per heavy atom. The van der Waals surface area contributed by atoms with Crippen LogP contribution < -0.4 is 11.1 Å². The number of nitrogens with one attached hydrogen (secondary N) is 1. The van der Waals surface area contributed by atoms with Crippen LogP contribution in [0.15, 0.2) is 12.1 Å². The average molecular weight is 293 g/mol. The van der Waals surface area contributed by atoms with Gasteiger partial charge in [0.2, 0.25) is 0 Å². The smallest absolute Gasteiger partial charge is 0.251 e. The summed E-state index contributed by atoms with van der Waals surface area (Å²) in [5.41, 5.74) is 6.73. The highest BCUT2D eigenvalue weighted by molar-refractivity contribution is 5.95. The number of carbonyl (C=O) groups is 1. The molecule has 1 aliphatic heterocycles. The largest absolute Gasteiger partial charge is 0.384 e. The lowest BCUT2D eigenvalue weighted by molar-refractivity contribution is -0.0148. The van der Waals surface area contributed by atoms with Crippen LogP contribution in [0.25, 0.3) is 0 Å². The van der Waals surface area contributed by atoms with Crippen LogP contribution in [0.1, 0.15) is 35.8 Å². The Balaban J connectivity index is 2.02. The summed E-state index contributed by atoms with van der Waals surface area (Å²) in [4.78, 5) is 16.5. The number of pyridine rings is 1. The normalized spacial score (nSPS) is 21.4. The number of nitrogens with zero attached hydrogens (tertiary/aromatic N) is 1. The van der Waals surface area contributed by atoms with Crippen LogP contribution in [0.2, 0.25) is 0 Å². The van der Waals surface area contributed by atoms with Crippen LogP contribution in [0.3, 0.4) is 0 Å². The molecule has 6 nitrogen and oxygen atoms in total. The Kier molecular flexibility index (Phi) is 5.14. The van der Waals surface area contributed by atoms with Crippen molar-refractivity contribution in [3.8, 4) is 0 Å². The van der Waals surface area contributed by atoms with E-state index in [0.29, 0.717) is 31.1 Å². The second kappa shape index (κ2) is 6.87. The number of aromatic nitrogens is 1. The molecule has 0 bridgehead atoms. The molecule has 1 amide bonds. The van der Waals surface area contributed by atoms with Crippen molar-refractivity contribution < 1.29 is 14.3 Å². The molecule has 1 aliphatic rings. The minimum absolute atomic E-state index is 0.162. The van der Waals surface area contributed by atoms with Crippen LogP contribution in [0.5, 0.6) is 0 Å². The third-order valence-corrected chi connectivity index (χ3v) is 3.74. The van der Waals surface area contributed by atoms with Crippen LogP contribution in [0, 0.1) is 0 Å². The average Bonchev–Trinajstić information content (AvgIpc) is 2.94. The lowest BCUT2D eigenvalue weighted by Crippen LogP contribution is -2.45. The molecule has 1 saturated heterocycles. The summed E-state index contributed by atoms with van der Waals surface area (Å²) in [6.07, 6.45) is 2.55. The SMILES string of the molecule is CCCc1cc(C(=O)NCC2(OC)CCOC2)cc(N)n1. The Labute approximate surface area is 125 Å². The van der Waals surface area contributed by atoms with Crippen LogP contribution in [-0.4, -0.2) is 43.4 Å². The number of hydrogen-bond acceptors (Lipinski definition) is 5. The number of rotatable bonds is 6. The van der Waals surface area contributed by atoms with Gasteiger partial charge in [0.05, 0.1) is 6.61 Å². The molecule has 0 radical (unpaired) electrons. The predicted octanol–water partition coefficient (Wildman–Crippen LogP) is 1.15. The van der Waals surface area contributed by atoms with Crippen molar-refractivity contribution in [3.05, 3.63) is 23.4 Å². The second-order valence-corrected chi connectivity index (χ2v) is 5.39. The van der Waals surface area contributed by atoms with Gasteiger partial charge >= 0.3 is 0 Å². The van der Waals surface area contributed by atoms with Gasteiger partial charge in [-0.25, -0.2) is 4.98 Å². The first-order valence-corrected chi connectivity index (χ1v) is 7.26. The van der Waals surface area contributed by atoms with Gasteiger partial charge in [-0.1, -0.05) is 13.3 Å². The Morgan fingerprint density at radius 2 is 2.38 bits per heavy atom. The summed E-state index contributed by atoms with van der Waals surface area (Å²) in [5.74, 6) is 0.210. The van der Waals surface area contributed by atoms with E-state index in [9.17, 15) is 4.79 Å². The summed E-state index contributed by atoms with van der Waals surface area (Å²) in [6.45, 7) is 3.65. The molecule has 2 rings (SSSR count). The van der Waals surface area contributed by atoms with E-state index in [1.54, 1.807) is 19.2 Å². The van der Waals surface area contributed by atoms with Gasteiger partial charge in [-0.05, 0) is 18.6 Å². The fourth-order valence-electron chi connectivity index (χ4n) is 2.43. The lowest BCUT2D eigenvalue weighted by Gasteiger charge is -2.25. The van der Waals surface area contributed by atoms with Crippen LogP contribution >= 0.6 is 0 Å². The quantitative estimate of drug-likeness (QED) is 0.821. The molecule has 0 saturated carbocycles. The van der Waals surface area contributed by atoms with Gasteiger partial charge in [0.25, 0.3) is 5.91 Å². The predicted molar refractivity (Wildman–Crippen MR) is 80.2 cm³/mol. The van der Waals surface area contributed by atoms with Crippen molar-refractivity contribution in [3.63, 3.8) is 0 Å². The lowest BCUT2D eigenvalue weighted by atomic mass is 10.0. The molecule has 0 aromatic carbocycles. The molecule has 1 fully saturated rings. The molecule has 1 atom stereocenters. The molecule has 1 aromatic rings. The van der Waals surface area contributed by atoms with Gasteiger partial charge in [-0.3, -0.25) is 4.79 Å². The molecule has 6 heteroatoms. The Bertz CT molecular complexity index is 499. The maximum atomic E-state index is 12.3. The number of nitrogens with two attached hydrogens (primary N) is 1. The van der Waals surface area contributed by atoms with E-state index in [1.165, 1.54) is 0 Å². The molecule has 1 aromatic heterocycles. The Hall–Kier alpha value is -1.66. The molecule has 3 N–H and O–H groups in total. The summed E-state index contributed by atoms with van der Waals surface area (Å²) < 4.78 is 10.8. The monoisotopic (exact) mass is 293 g/mol. The van der Waals surface area contributed by atoms with Gasteiger partial charge in [0.15, 0.2) is 0 Å². The fourth-order valence-corrected chi connectivity index (χ4v) is 2.43. The van der Waals surface area contributed by atoms with Gasteiger partial charge < -0.3 is 20.5 Å². The number of nitrogen functional groups attached to an aromatic ring is 1. The molecule has 0 aliphatic carbocycles. The molecule has 116 valence electrons. The van der Waals surface area contributed by atoms with E-state index < -0.39 is 5.60 Å². The van der Waals surface area contributed by atoms with Crippen molar-refractivity contribution in [2.75, 3.05) is 32.6 Å². The minimum atomic E-state index is -0.416. The third kappa shape index (κ3) is 3.92. The van der Waals surface area contributed by atoms with E-state index in [4.69, 9.17) is 15.2 Å². The first kappa shape index (κ1) is 15.7. The van der Waals surface area contributed by atoms with Crippen LogP contribution in [-0.2, 0) is 15.9 Å². The molecule has 0 spiro atoms. The fraction of sp³-hybridized carbons (Fsp3) is 0.600. The van der Waals surface area contributed by atoms with Gasteiger partial charge in [0, 0.05) is 37.9 Å². The zero-order valence-corrected chi connectivity index (χ0v) is 12.6. The molecular weight excluding hydrogens is 270 g/mol. The van der Waals surface area contributed by atoms with Crippen molar-refractivity contribution >= 4 is 11.7 Å². The van der Waals surface area contributed by atoms with E-state index in [2.05, 4.69) is 17.2 Å². The summed E-state index contributed by atoms with van der Waals surface area (Å²) in [7, 11) is 1.64. The minimum Gasteiger partial charge on any atom is -0.384 e. The maximum absolute atomic E-state index is 12.3. The number of methoxy groups -OCH3 is 1. The number of anilines is 1. The number of amides is 1. The third-order valence-electron chi connectivity index (χ3n) is 3.74. The first-order chi connectivity index (χ1) is 10.1. The van der Waals surface area contributed by atoms with Gasteiger partial charge in [0.1, 0.15) is 11.4 Å². The highest BCUT2D eigenvalue weighted by atomic mass is 16.5. The van der Waals surface area contributed by atoms with Gasteiger partial charge in [-0.2, -0.15) is 0 Å². The first-order valence-electron chi connectivity index (χ1n) is 7.26. The zero-order chi connectivity index (χ0) is 15.3. The maximum Gasteiger partial charge on any atom is 0.251 e. The number of ether oxygens (including phenoxy) is 2. The summed E-state index contributed by atoms with van der Waals surface area (Å²) in [5, 5.41) is 2.90. The summed E-state index contributed by atoms with van der Waals surface area (Å²) in [6, 6.07) is 3.39. The summed E-state index contributed by atoms with van der Waals surface area (Å²) >= 11 is 0. The number of hydrogen-bond donors (Lipinski definition) is 2. The van der Waals surface area contributed by atoms with Crippen molar-refractivity contribution in [2.24, 2.45) is 0 Å². The van der Waals surface area contributed by atoms with Crippen molar-refractivity contribution in [1.82, 2.24) is 10.3 Å². The van der Waals surface area contributed by atoms with E-state index in [-0.39, 0.29) is 5.91 Å². The molecular formula is C15H23N3O3. The molecule has 1 unspecified atom stereocenters. The standard InChI is InChI=1S/C15H23N3O3/c1-3-4-12-7-11(8-13(16)18-12)14(19)17-9-15(20-2)5-6-21-10-15/h7-8H,3-6,9-10H2,1-2H3,(H2,16,18)(H,17,19). The Morgan fingerprint density at radius 3 is 3.00 bits per heavy atom. The van der Waals surface area contributed by atoms with E-state index >= 15 is 0 Å². The zero-order valence-electron chi connectivity index (χ0n) is 12.6. The molecule has 2 heterocycles. The topological polar surface area (TPSA) is 86.5 Å². The van der Waals surface area contributed by atoms with E-state index in [1.807, 2.05) is 0 Å². The highest BCUT2D eigenvalue weighted by Crippen LogP contribution is 2.21. The molecule has 21 heavy (non-hydrogen) atoms. The van der Waals surface area contributed by atoms with Crippen molar-refractivity contribution in [1.29, 1.82) is 0 Å². The van der Waals surface area contributed by atoms with Crippen LogP contribution in [0.4, 0.5) is 5.82 Å². The van der Waals surface area contributed by atoms with E-state index in [0.717, 1.165) is 25.0 Å². The van der Waals surface area contributed by atoms with Gasteiger partial charge in [-0.15, -0.1) is 0 Å². The second-order valence-electron chi connectivity index (χ2n) is 5.39.